The number of hydrogen-bond donors (Lipinski definition) is 0. The first-order valence-electron chi connectivity index (χ1n) is 4.48. The van der Waals surface area contributed by atoms with Crippen LogP contribution in [0.4, 0.5) is 0 Å². The van der Waals surface area contributed by atoms with Crippen LogP contribution in [0.2, 0.25) is 0 Å². The van der Waals surface area contributed by atoms with Gasteiger partial charge in [0, 0.05) is 6.42 Å². The molecule has 0 aliphatic carbocycles. The molecule has 1 aliphatic rings. The van der Waals surface area contributed by atoms with Crippen LogP contribution in [0.25, 0.3) is 0 Å². The summed E-state index contributed by atoms with van der Waals surface area (Å²) in [4.78, 5) is 10.1. The Hall–Kier alpha value is -0.670. The molecule has 0 spiro atoms. The van der Waals surface area contributed by atoms with Gasteiger partial charge in [-0.2, -0.15) is 0 Å². The van der Waals surface area contributed by atoms with E-state index in [2.05, 4.69) is 6.58 Å². The Balaban J connectivity index is 2.37. The van der Waals surface area contributed by atoms with E-state index < -0.39 is 5.79 Å². The molecule has 1 aliphatic heterocycles. The lowest BCUT2D eigenvalue weighted by atomic mass is 10.1. The van der Waals surface area contributed by atoms with E-state index in [1.807, 2.05) is 13.8 Å². The largest absolute Gasteiger partial charge is 0.347 e. The first-order valence-corrected chi connectivity index (χ1v) is 4.48. The van der Waals surface area contributed by atoms with Crippen molar-refractivity contribution in [2.75, 3.05) is 6.61 Å². The fraction of sp³-hybridized carbons (Fsp3) is 0.700. The Morgan fingerprint density at radius 3 is 2.85 bits per heavy atom. The molecular formula is C10H16O3. The van der Waals surface area contributed by atoms with E-state index in [1.54, 1.807) is 0 Å². The van der Waals surface area contributed by atoms with E-state index in [0.29, 0.717) is 19.4 Å². The van der Waals surface area contributed by atoms with E-state index in [1.165, 1.54) is 0 Å². The molecule has 0 N–H and O–H groups in total. The van der Waals surface area contributed by atoms with Gasteiger partial charge in [-0.15, -0.1) is 0 Å². The predicted octanol–water partition coefficient (Wildman–Crippen LogP) is 1.67. The fourth-order valence-corrected chi connectivity index (χ4v) is 1.29. The summed E-state index contributed by atoms with van der Waals surface area (Å²) in [6.07, 6.45) is 2.05. The van der Waals surface area contributed by atoms with Crippen LogP contribution in [-0.4, -0.2) is 24.8 Å². The van der Waals surface area contributed by atoms with E-state index in [-0.39, 0.29) is 6.10 Å². The van der Waals surface area contributed by atoms with Gasteiger partial charge < -0.3 is 14.3 Å². The third-order valence-corrected chi connectivity index (χ3v) is 2.05. The van der Waals surface area contributed by atoms with Crippen molar-refractivity contribution in [3.8, 4) is 0 Å². The zero-order valence-corrected chi connectivity index (χ0v) is 8.21. The number of hydrogen-bond acceptors (Lipinski definition) is 3. The van der Waals surface area contributed by atoms with Crippen molar-refractivity contribution in [1.82, 2.24) is 0 Å². The summed E-state index contributed by atoms with van der Waals surface area (Å²) in [6.45, 7) is 8.17. The second kappa shape index (κ2) is 4.03. The van der Waals surface area contributed by atoms with Crippen LogP contribution >= 0.6 is 0 Å². The molecule has 1 fully saturated rings. The van der Waals surface area contributed by atoms with E-state index >= 15 is 0 Å². The van der Waals surface area contributed by atoms with Crippen molar-refractivity contribution in [2.45, 2.75) is 38.6 Å². The van der Waals surface area contributed by atoms with Crippen LogP contribution < -0.4 is 0 Å². The summed E-state index contributed by atoms with van der Waals surface area (Å²) < 4.78 is 11.0. The van der Waals surface area contributed by atoms with Gasteiger partial charge in [0.2, 0.25) is 0 Å². The van der Waals surface area contributed by atoms with Crippen molar-refractivity contribution in [3.63, 3.8) is 0 Å². The lowest BCUT2D eigenvalue weighted by Crippen LogP contribution is -2.22. The molecule has 0 aromatic rings. The molecule has 74 valence electrons. The van der Waals surface area contributed by atoms with E-state index in [4.69, 9.17) is 9.47 Å². The Kier molecular flexibility index (Phi) is 3.22. The highest BCUT2D eigenvalue weighted by Crippen LogP contribution is 2.27. The first kappa shape index (κ1) is 10.4. The second-order valence-corrected chi connectivity index (χ2v) is 3.68. The van der Waals surface area contributed by atoms with Gasteiger partial charge in [0.25, 0.3) is 0 Å². The number of carbonyl (C=O) groups excluding carboxylic acids is 1. The summed E-state index contributed by atoms with van der Waals surface area (Å²) in [6, 6.07) is 0. The quantitative estimate of drug-likeness (QED) is 0.492. The lowest BCUT2D eigenvalue weighted by molar-refractivity contribution is -0.134. The third kappa shape index (κ3) is 2.94. The fourth-order valence-electron chi connectivity index (χ4n) is 1.29. The normalized spacial score (nSPS) is 25.8. The highest BCUT2D eigenvalue weighted by atomic mass is 16.7. The van der Waals surface area contributed by atoms with Crippen LogP contribution in [-0.2, 0) is 14.3 Å². The molecule has 0 aromatic carbocycles. The average Bonchev–Trinajstić information content (AvgIpc) is 2.42. The molecule has 0 bridgehead atoms. The van der Waals surface area contributed by atoms with Gasteiger partial charge in [-0.3, -0.25) is 0 Å². The van der Waals surface area contributed by atoms with Gasteiger partial charge >= 0.3 is 0 Å². The van der Waals surface area contributed by atoms with Crippen molar-refractivity contribution in [1.29, 1.82) is 0 Å². The minimum Gasteiger partial charge on any atom is -0.347 e. The second-order valence-electron chi connectivity index (χ2n) is 3.68. The Bertz CT molecular complexity index is 208. The molecule has 1 rings (SSSR count). The monoisotopic (exact) mass is 184 g/mol. The van der Waals surface area contributed by atoms with E-state index in [0.717, 1.165) is 11.9 Å². The van der Waals surface area contributed by atoms with Crippen LogP contribution in [0.1, 0.15) is 26.7 Å². The van der Waals surface area contributed by atoms with Gasteiger partial charge in [-0.05, 0) is 25.8 Å². The van der Waals surface area contributed by atoms with Gasteiger partial charge in [-0.25, -0.2) is 0 Å². The van der Waals surface area contributed by atoms with Crippen LogP contribution in [0.5, 0.6) is 0 Å². The molecule has 3 nitrogen and oxygen atoms in total. The number of carbonyl (C=O) groups is 1. The topological polar surface area (TPSA) is 35.5 Å². The molecule has 13 heavy (non-hydrogen) atoms. The van der Waals surface area contributed by atoms with Crippen LogP contribution in [0, 0.1) is 0 Å². The summed E-state index contributed by atoms with van der Waals surface area (Å²) in [7, 11) is 0. The summed E-state index contributed by atoms with van der Waals surface area (Å²) in [5, 5.41) is 0. The molecule has 1 unspecified atom stereocenters. The molecule has 0 amide bonds. The van der Waals surface area contributed by atoms with Crippen molar-refractivity contribution in [3.05, 3.63) is 12.2 Å². The SMILES string of the molecule is C=C(CCC=O)C1COC(C)(C)O1. The number of ether oxygens (including phenoxy) is 2. The molecule has 1 atom stereocenters. The van der Waals surface area contributed by atoms with Gasteiger partial charge in [0.1, 0.15) is 12.4 Å². The maximum Gasteiger partial charge on any atom is 0.163 e. The minimum atomic E-state index is -0.505. The predicted molar refractivity (Wildman–Crippen MR) is 49.3 cm³/mol. The van der Waals surface area contributed by atoms with E-state index in [9.17, 15) is 4.79 Å². The zero-order valence-electron chi connectivity index (χ0n) is 8.21. The van der Waals surface area contributed by atoms with Crippen molar-refractivity contribution >= 4 is 6.29 Å². The third-order valence-electron chi connectivity index (χ3n) is 2.05. The number of rotatable bonds is 4. The maximum atomic E-state index is 10.1. The maximum absolute atomic E-state index is 10.1. The standard InChI is InChI=1S/C10H16O3/c1-8(5-4-6-11)9-7-12-10(2,3)13-9/h6,9H,1,4-5,7H2,2-3H3. The highest BCUT2D eigenvalue weighted by molar-refractivity contribution is 5.49. The smallest absolute Gasteiger partial charge is 0.163 e. The lowest BCUT2D eigenvalue weighted by Gasteiger charge is -2.17. The zero-order chi connectivity index (χ0) is 9.90. The van der Waals surface area contributed by atoms with Gasteiger partial charge in [0.05, 0.1) is 6.61 Å². The minimum absolute atomic E-state index is 0.0463. The molecular weight excluding hydrogens is 168 g/mol. The molecule has 3 heteroatoms. The number of aldehydes is 1. The molecule has 0 radical (unpaired) electrons. The Labute approximate surface area is 78.7 Å². The molecule has 1 heterocycles. The summed E-state index contributed by atoms with van der Waals surface area (Å²) in [5.41, 5.74) is 0.942. The van der Waals surface area contributed by atoms with Crippen LogP contribution in [0.3, 0.4) is 0 Å². The molecule has 0 aromatic heterocycles. The molecule has 1 saturated heterocycles. The van der Waals surface area contributed by atoms with Gasteiger partial charge in [0.15, 0.2) is 5.79 Å². The summed E-state index contributed by atoms with van der Waals surface area (Å²) in [5.74, 6) is -0.505. The Morgan fingerprint density at radius 1 is 1.69 bits per heavy atom. The average molecular weight is 184 g/mol. The van der Waals surface area contributed by atoms with Gasteiger partial charge in [-0.1, -0.05) is 6.58 Å². The van der Waals surface area contributed by atoms with Crippen LogP contribution in [0.15, 0.2) is 12.2 Å². The Morgan fingerprint density at radius 2 is 2.38 bits per heavy atom. The summed E-state index contributed by atoms with van der Waals surface area (Å²) >= 11 is 0. The molecule has 0 saturated carbocycles. The van der Waals surface area contributed by atoms with Crippen molar-refractivity contribution < 1.29 is 14.3 Å². The highest BCUT2D eigenvalue weighted by Gasteiger charge is 2.33. The van der Waals surface area contributed by atoms with Crippen molar-refractivity contribution in [2.24, 2.45) is 0 Å². The first-order chi connectivity index (χ1) is 6.05.